The number of methoxy groups -OCH3 is 2. The summed E-state index contributed by atoms with van der Waals surface area (Å²) in [7, 11) is 3.09. The molecule has 2 aromatic rings. The molecule has 27 heavy (non-hydrogen) atoms. The smallest absolute Gasteiger partial charge is 0.223 e. The van der Waals surface area contributed by atoms with Crippen molar-refractivity contribution in [3.05, 3.63) is 53.8 Å². The highest BCUT2D eigenvalue weighted by Crippen LogP contribution is 2.27. The van der Waals surface area contributed by atoms with Crippen molar-refractivity contribution in [2.45, 2.75) is 19.9 Å². The monoisotopic (exact) mass is 374 g/mol. The maximum Gasteiger partial charge on any atom is 0.223 e. The Labute approximate surface area is 157 Å². The molecule has 2 rings (SSSR count). The van der Waals surface area contributed by atoms with Gasteiger partial charge in [0.15, 0.2) is 11.5 Å². The van der Waals surface area contributed by atoms with E-state index in [2.05, 4.69) is 5.32 Å². The summed E-state index contributed by atoms with van der Waals surface area (Å²) in [6.45, 7) is 1.74. The Morgan fingerprint density at radius 3 is 2.41 bits per heavy atom. The van der Waals surface area contributed by atoms with Gasteiger partial charge in [-0.25, -0.2) is 4.39 Å². The lowest BCUT2D eigenvalue weighted by Gasteiger charge is -2.21. The second-order valence-corrected chi connectivity index (χ2v) is 5.84. The van der Waals surface area contributed by atoms with E-state index >= 15 is 0 Å². The molecule has 6 nitrogen and oxygen atoms in total. The van der Waals surface area contributed by atoms with Gasteiger partial charge in [-0.2, -0.15) is 0 Å². The van der Waals surface area contributed by atoms with Gasteiger partial charge in [0.05, 0.1) is 19.9 Å². The number of ether oxygens (including phenoxy) is 2. The van der Waals surface area contributed by atoms with Gasteiger partial charge in [0, 0.05) is 26.4 Å². The lowest BCUT2D eigenvalue weighted by atomic mass is 10.2. The average Bonchev–Trinajstić information content (AvgIpc) is 2.67. The first kappa shape index (κ1) is 20.2. The van der Waals surface area contributed by atoms with E-state index in [0.717, 1.165) is 5.56 Å². The summed E-state index contributed by atoms with van der Waals surface area (Å²) < 4.78 is 24.3. The van der Waals surface area contributed by atoms with Gasteiger partial charge in [-0.15, -0.1) is 0 Å². The SMILES string of the molecule is COc1ccc(CNC(=O)CCN(C(C)=O)c2ccccc2F)cc1OC. The Balaban J connectivity index is 1.93. The van der Waals surface area contributed by atoms with Gasteiger partial charge in [-0.05, 0) is 29.8 Å². The molecule has 0 aliphatic heterocycles. The molecule has 0 unspecified atom stereocenters. The molecule has 0 heterocycles. The van der Waals surface area contributed by atoms with Crippen LogP contribution in [0.1, 0.15) is 18.9 Å². The maximum absolute atomic E-state index is 13.9. The minimum Gasteiger partial charge on any atom is -0.493 e. The molecule has 1 N–H and O–H groups in total. The molecule has 0 bridgehead atoms. The number of hydrogen-bond donors (Lipinski definition) is 1. The zero-order valence-electron chi connectivity index (χ0n) is 15.6. The highest BCUT2D eigenvalue weighted by molar-refractivity contribution is 5.92. The number of benzene rings is 2. The molecule has 0 atom stereocenters. The zero-order valence-corrected chi connectivity index (χ0v) is 15.6. The van der Waals surface area contributed by atoms with Crippen molar-refractivity contribution in [2.24, 2.45) is 0 Å². The van der Waals surface area contributed by atoms with Crippen LogP contribution in [-0.4, -0.2) is 32.6 Å². The highest BCUT2D eigenvalue weighted by atomic mass is 19.1. The fraction of sp³-hybridized carbons (Fsp3) is 0.300. The van der Waals surface area contributed by atoms with Crippen LogP contribution in [0.3, 0.4) is 0 Å². The minimum absolute atomic E-state index is 0.0567. The molecule has 0 aromatic heterocycles. The quantitative estimate of drug-likeness (QED) is 0.772. The zero-order chi connectivity index (χ0) is 19.8. The molecule has 0 aliphatic rings. The van der Waals surface area contributed by atoms with Crippen molar-refractivity contribution in [3.8, 4) is 11.5 Å². The molecule has 0 saturated carbocycles. The van der Waals surface area contributed by atoms with E-state index in [1.165, 1.54) is 24.0 Å². The van der Waals surface area contributed by atoms with Crippen molar-refractivity contribution in [2.75, 3.05) is 25.7 Å². The van der Waals surface area contributed by atoms with Crippen LogP contribution >= 0.6 is 0 Å². The third kappa shape index (κ3) is 5.44. The van der Waals surface area contributed by atoms with Gasteiger partial charge in [0.25, 0.3) is 0 Å². The van der Waals surface area contributed by atoms with E-state index in [4.69, 9.17) is 9.47 Å². The predicted molar refractivity (Wildman–Crippen MR) is 100 cm³/mol. The second-order valence-electron chi connectivity index (χ2n) is 5.84. The number of rotatable bonds is 8. The van der Waals surface area contributed by atoms with Gasteiger partial charge in [0.2, 0.25) is 11.8 Å². The van der Waals surface area contributed by atoms with Crippen LogP contribution in [0.4, 0.5) is 10.1 Å². The second kappa shape index (κ2) is 9.56. The van der Waals surface area contributed by atoms with Crippen molar-refractivity contribution in [1.29, 1.82) is 0 Å². The molecule has 0 fully saturated rings. The molecule has 0 saturated heterocycles. The average molecular weight is 374 g/mol. The standard InChI is InChI=1S/C20H23FN2O4/c1-14(24)23(17-7-5-4-6-16(17)21)11-10-20(25)22-13-15-8-9-18(26-2)19(12-15)27-3/h4-9,12H,10-11,13H2,1-3H3,(H,22,25). The summed E-state index contributed by atoms with van der Waals surface area (Å²) in [6.07, 6.45) is 0.0567. The van der Waals surface area contributed by atoms with Crippen LogP contribution in [0, 0.1) is 5.82 Å². The van der Waals surface area contributed by atoms with Gasteiger partial charge in [0.1, 0.15) is 5.82 Å². The van der Waals surface area contributed by atoms with Crippen molar-refractivity contribution in [1.82, 2.24) is 5.32 Å². The molecule has 2 amide bonds. The van der Waals surface area contributed by atoms with E-state index in [1.807, 2.05) is 6.07 Å². The lowest BCUT2D eigenvalue weighted by Crippen LogP contribution is -2.34. The largest absolute Gasteiger partial charge is 0.493 e. The molecule has 2 aromatic carbocycles. The topological polar surface area (TPSA) is 67.9 Å². The predicted octanol–water partition coefficient (Wildman–Crippen LogP) is 2.90. The van der Waals surface area contributed by atoms with Gasteiger partial charge in [-0.1, -0.05) is 18.2 Å². The van der Waals surface area contributed by atoms with Crippen LogP contribution in [0.15, 0.2) is 42.5 Å². The molecule has 0 radical (unpaired) electrons. The van der Waals surface area contributed by atoms with Crippen molar-refractivity contribution in [3.63, 3.8) is 0 Å². The van der Waals surface area contributed by atoms with E-state index in [-0.39, 0.29) is 30.5 Å². The summed E-state index contributed by atoms with van der Waals surface area (Å²) in [5, 5.41) is 2.78. The van der Waals surface area contributed by atoms with Crippen LogP contribution in [-0.2, 0) is 16.1 Å². The van der Waals surface area contributed by atoms with Gasteiger partial charge in [-0.3, -0.25) is 9.59 Å². The Morgan fingerprint density at radius 2 is 1.78 bits per heavy atom. The van der Waals surface area contributed by atoms with Crippen LogP contribution in [0.5, 0.6) is 11.5 Å². The maximum atomic E-state index is 13.9. The molecular weight excluding hydrogens is 351 g/mol. The first-order valence-corrected chi connectivity index (χ1v) is 8.46. The van der Waals surface area contributed by atoms with E-state index in [9.17, 15) is 14.0 Å². The normalized spacial score (nSPS) is 10.2. The Hall–Kier alpha value is -3.09. The summed E-state index contributed by atoms with van der Waals surface area (Å²) in [5.74, 6) is 0.111. The van der Waals surface area contributed by atoms with Crippen LogP contribution in [0.25, 0.3) is 0 Å². The first-order chi connectivity index (χ1) is 13.0. The fourth-order valence-electron chi connectivity index (χ4n) is 2.61. The summed E-state index contributed by atoms with van der Waals surface area (Å²) in [6, 6.07) is 11.3. The van der Waals surface area contributed by atoms with Crippen molar-refractivity contribution < 1.29 is 23.5 Å². The summed E-state index contributed by atoms with van der Waals surface area (Å²) >= 11 is 0. The number of hydrogen-bond acceptors (Lipinski definition) is 4. The summed E-state index contributed by atoms with van der Waals surface area (Å²) in [4.78, 5) is 25.2. The van der Waals surface area contributed by atoms with Crippen LogP contribution in [0.2, 0.25) is 0 Å². The van der Waals surface area contributed by atoms with E-state index in [1.54, 1.807) is 38.5 Å². The molecule has 0 aliphatic carbocycles. The molecule has 0 spiro atoms. The third-order valence-corrected chi connectivity index (χ3v) is 4.02. The van der Waals surface area contributed by atoms with Gasteiger partial charge >= 0.3 is 0 Å². The fourth-order valence-corrected chi connectivity index (χ4v) is 2.61. The van der Waals surface area contributed by atoms with E-state index < -0.39 is 5.82 Å². The Morgan fingerprint density at radius 1 is 1.07 bits per heavy atom. The molecular formula is C20H23FN2O4. The third-order valence-electron chi connectivity index (χ3n) is 4.02. The molecule has 7 heteroatoms. The number of carbonyl (C=O) groups is 2. The Kier molecular flexibility index (Phi) is 7.16. The number of halogens is 1. The van der Waals surface area contributed by atoms with E-state index in [0.29, 0.717) is 18.0 Å². The van der Waals surface area contributed by atoms with Gasteiger partial charge < -0.3 is 19.7 Å². The summed E-state index contributed by atoms with van der Waals surface area (Å²) in [5.41, 5.74) is 1.01. The first-order valence-electron chi connectivity index (χ1n) is 8.46. The minimum atomic E-state index is -0.501. The Bertz CT molecular complexity index is 810. The molecule has 144 valence electrons. The lowest BCUT2D eigenvalue weighted by molar-refractivity contribution is -0.121. The number of nitrogens with zero attached hydrogens (tertiary/aromatic N) is 1. The van der Waals surface area contributed by atoms with Crippen LogP contribution < -0.4 is 19.7 Å². The number of para-hydroxylation sites is 1. The van der Waals surface area contributed by atoms with Crippen molar-refractivity contribution >= 4 is 17.5 Å². The highest BCUT2D eigenvalue weighted by Gasteiger charge is 2.16. The number of nitrogens with one attached hydrogen (secondary N) is 1. The number of carbonyl (C=O) groups excluding carboxylic acids is 2. The number of anilines is 1. The number of amides is 2.